The van der Waals surface area contributed by atoms with Crippen molar-refractivity contribution in [1.29, 1.82) is 5.26 Å². The van der Waals surface area contributed by atoms with Crippen molar-refractivity contribution >= 4 is 23.2 Å². The Kier molecular flexibility index (Phi) is 5.24. The molecule has 3 rings (SSSR count). The van der Waals surface area contributed by atoms with Crippen LogP contribution in [0.15, 0.2) is 72.8 Å². The molecule has 3 aromatic carbocycles. The highest BCUT2D eigenvalue weighted by atomic mass is 19.1. The molecule has 0 aliphatic rings. The second-order valence-electron chi connectivity index (χ2n) is 5.69. The van der Waals surface area contributed by atoms with E-state index >= 15 is 0 Å². The third kappa shape index (κ3) is 4.55. The SMILES string of the molecule is N#Cc1ccc(NC(=O)c2ccc(C(=O)Nc3cccc(F)c3)cc2)cc1. The van der Waals surface area contributed by atoms with Crippen molar-refractivity contribution in [3.8, 4) is 6.07 Å². The number of benzene rings is 3. The van der Waals surface area contributed by atoms with Gasteiger partial charge in [0.1, 0.15) is 5.82 Å². The summed E-state index contributed by atoms with van der Waals surface area (Å²) in [6.07, 6.45) is 0. The fourth-order valence-corrected chi connectivity index (χ4v) is 2.37. The third-order valence-corrected chi connectivity index (χ3v) is 3.76. The first-order chi connectivity index (χ1) is 13.0. The van der Waals surface area contributed by atoms with Crippen molar-refractivity contribution < 1.29 is 14.0 Å². The van der Waals surface area contributed by atoms with Gasteiger partial charge in [0, 0.05) is 22.5 Å². The summed E-state index contributed by atoms with van der Waals surface area (Å²) in [5, 5.41) is 14.1. The quantitative estimate of drug-likeness (QED) is 0.732. The number of amides is 2. The second kappa shape index (κ2) is 7.93. The van der Waals surface area contributed by atoms with Crippen molar-refractivity contribution in [1.82, 2.24) is 0 Å². The van der Waals surface area contributed by atoms with Crippen LogP contribution in [0.5, 0.6) is 0 Å². The highest BCUT2D eigenvalue weighted by Crippen LogP contribution is 2.14. The van der Waals surface area contributed by atoms with E-state index in [4.69, 9.17) is 5.26 Å². The molecule has 0 spiro atoms. The predicted octanol–water partition coefficient (Wildman–Crippen LogP) is 4.20. The van der Waals surface area contributed by atoms with Crippen LogP contribution >= 0.6 is 0 Å². The van der Waals surface area contributed by atoms with Gasteiger partial charge in [0.2, 0.25) is 0 Å². The normalized spacial score (nSPS) is 9.93. The maximum atomic E-state index is 13.2. The largest absolute Gasteiger partial charge is 0.322 e. The van der Waals surface area contributed by atoms with Gasteiger partial charge in [-0.2, -0.15) is 5.26 Å². The number of halogens is 1. The van der Waals surface area contributed by atoms with E-state index in [9.17, 15) is 14.0 Å². The molecule has 2 amide bonds. The highest BCUT2D eigenvalue weighted by Gasteiger charge is 2.10. The number of rotatable bonds is 4. The van der Waals surface area contributed by atoms with Gasteiger partial charge < -0.3 is 10.6 Å². The van der Waals surface area contributed by atoms with Crippen LogP contribution in [0.1, 0.15) is 26.3 Å². The van der Waals surface area contributed by atoms with Crippen LogP contribution in [0.3, 0.4) is 0 Å². The average Bonchev–Trinajstić information content (AvgIpc) is 2.68. The number of carbonyl (C=O) groups is 2. The van der Waals surface area contributed by atoms with Crippen LogP contribution in [0.2, 0.25) is 0 Å². The molecule has 0 atom stereocenters. The molecular weight excluding hydrogens is 345 g/mol. The molecule has 6 heteroatoms. The minimum Gasteiger partial charge on any atom is -0.322 e. The van der Waals surface area contributed by atoms with E-state index in [1.54, 1.807) is 30.3 Å². The maximum absolute atomic E-state index is 13.2. The first-order valence-corrected chi connectivity index (χ1v) is 8.03. The molecule has 2 N–H and O–H groups in total. The molecule has 132 valence electrons. The molecular formula is C21H14FN3O2. The van der Waals surface area contributed by atoms with Gasteiger partial charge >= 0.3 is 0 Å². The predicted molar refractivity (Wildman–Crippen MR) is 99.9 cm³/mol. The van der Waals surface area contributed by atoms with Gasteiger partial charge in [0.05, 0.1) is 11.6 Å². The third-order valence-electron chi connectivity index (χ3n) is 3.76. The van der Waals surface area contributed by atoms with Crippen molar-refractivity contribution in [2.75, 3.05) is 10.6 Å². The first-order valence-electron chi connectivity index (χ1n) is 8.03. The van der Waals surface area contributed by atoms with Crippen molar-refractivity contribution in [3.05, 3.63) is 95.3 Å². The second-order valence-corrected chi connectivity index (χ2v) is 5.69. The molecule has 0 aliphatic carbocycles. The molecule has 5 nitrogen and oxygen atoms in total. The minimum absolute atomic E-state index is 0.336. The van der Waals surface area contributed by atoms with Gasteiger partial charge in [-0.25, -0.2) is 4.39 Å². The summed E-state index contributed by atoms with van der Waals surface area (Å²) in [5.41, 5.74) is 2.13. The number of nitrogens with zero attached hydrogens (tertiary/aromatic N) is 1. The lowest BCUT2D eigenvalue weighted by Gasteiger charge is -2.07. The van der Waals surface area contributed by atoms with Gasteiger partial charge in [-0.3, -0.25) is 9.59 Å². The van der Waals surface area contributed by atoms with Crippen molar-refractivity contribution in [2.45, 2.75) is 0 Å². The number of hydrogen-bond acceptors (Lipinski definition) is 3. The summed E-state index contributed by atoms with van der Waals surface area (Å²) in [7, 11) is 0. The minimum atomic E-state index is -0.442. The summed E-state index contributed by atoms with van der Waals surface area (Å²) >= 11 is 0. The van der Waals surface area contributed by atoms with Gasteiger partial charge in [-0.1, -0.05) is 6.07 Å². The number of nitriles is 1. The molecule has 0 fully saturated rings. The van der Waals surface area contributed by atoms with Crippen LogP contribution in [-0.2, 0) is 0 Å². The van der Waals surface area contributed by atoms with Gasteiger partial charge in [-0.15, -0.1) is 0 Å². The molecule has 3 aromatic rings. The van der Waals surface area contributed by atoms with Crippen molar-refractivity contribution in [3.63, 3.8) is 0 Å². The zero-order valence-corrected chi connectivity index (χ0v) is 14.1. The number of carbonyl (C=O) groups excluding carboxylic acids is 2. The van der Waals surface area contributed by atoms with Crippen LogP contribution in [0, 0.1) is 17.1 Å². The lowest BCUT2D eigenvalue weighted by Crippen LogP contribution is -2.14. The smallest absolute Gasteiger partial charge is 0.255 e. The van der Waals surface area contributed by atoms with Gasteiger partial charge in [0.25, 0.3) is 11.8 Å². The zero-order chi connectivity index (χ0) is 19.2. The van der Waals surface area contributed by atoms with Crippen LogP contribution in [0.4, 0.5) is 15.8 Å². The van der Waals surface area contributed by atoms with E-state index in [1.165, 1.54) is 42.5 Å². The maximum Gasteiger partial charge on any atom is 0.255 e. The number of anilines is 2. The molecule has 0 unspecified atom stereocenters. The summed E-state index contributed by atoms with van der Waals surface area (Å²) in [6, 6.07) is 20.2. The Hall–Kier alpha value is -3.98. The van der Waals surface area contributed by atoms with E-state index in [1.807, 2.05) is 6.07 Å². The van der Waals surface area contributed by atoms with E-state index in [0.29, 0.717) is 28.1 Å². The Labute approximate surface area is 155 Å². The number of hydrogen-bond donors (Lipinski definition) is 2. The number of nitrogens with one attached hydrogen (secondary N) is 2. The van der Waals surface area contributed by atoms with Crippen LogP contribution in [-0.4, -0.2) is 11.8 Å². The lowest BCUT2D eigenvalue weighted by molar-refractivity contribution is 0.101. The molecule has 0 aromatic heterocycles. The van der Waals surface area contributed by atoms with E-state index in [-0.39, 0.29) is 5.91 Å². The Morgan fingerprint density at radius 2 is 1.33 bits per heavy atom. The summed E-state index contributed by atoms with van der Waals surface area (Å²) < 4.78 is 13.2. The molecule has 0 radical (unpaired) electrons. The van der Waals surface area contributed by atoms with E-state index in [2.05, 4.69) is 10.6 Å². The van der Waals surface area contributed by atoms with Crippen LogP contribution < -0.4 is 10.6 Å². The molecule has 0 bridgehead atoms. The van der Waals surface area contributed by atoms with Crippen molar-refractivity contribution in [2.24, 2.45) is 0 Å². The Bertz CT molecular complexity index is 1020. The zero-order valence-electron chi connectivity index (χ0n) is 14.1. The summed E-state index contributed by atoms with van der Waals surface area (Å²) in [6.45, 7) is 0. The fourth-order valence-electron chi connectivity index (χ4n) is 2.37. The monoisotopic (exact) mass is 359 g/mol. The molecule has 0 saturated carbocycles. The molecule has 27 heavy (non-hydrogen) atoms. The molecule has 0 saturated heterocycles. The highest BCUT2D eigenvalue weighted by molar-refractivity contribution is 6.07. The van der Waals surface area contributed by atoms with E-state index in [0.717, 1.165) is 0 Å². The average molecular weight is 359 g/mol. The van der Waals surface area contributed by atoms with Crippen LogP contribution in [0.25, 0.3) is 0 Å². The summed E-state index contributed by atoms with van der Waals surface area (Å²) in [5.74, 6) is -1.18. The summed E-state index contributed by atoms with van der Waals surface area (Å²) in [4.78, 5) is 24.5. The van der Waals surface area contributed by atoms with Gasteiger partial charge in [-0.05, 0) is 66.7 Å². The Balaban J connectivity index is 1.66. The topological polar surface area (TPSA) is 82.0 Å². The Morgan fingerprint density at radius 3 is 1.85 bits per heavy atom. The molecule has 0 aliphatic heterocycles. The van der Waals surface area contributed by atoms with Gasteiger partial charge in [0.15, 0.2) is 0 Å². The Morgan fingerprint density at radius 1 is 0.778 bits per heavy atom. The lowest BCUT2D eigenvalue weighted by atomic mass is 10.1. The van der Waals surface area contributed by atoms with E-state index < -0.39 is 11.7 Å². The molecule has 0 heterocycles. The first kappa shape index (κ1) is 17.8. The standard InChI is InChI=1S/C21H14FN3O2/c22-17-2-1-3-19(12-17)25-21(27)16-8-6-15(7-9-16)20(26)24-18-10-4-14(13-23)5-11-18/h1-12H,(H,24,26)(H,25,27). The fraction of sp³-hybridized carbons (Fsp3) is 0.